The van der Waals surface area contributed by atoms with Crippen molar-refractivity contribution in [2.24, 2.45) is 12.8 Å². The molecule has 1 aromatic heterocycles. The second-order valence-corrected chi connectivity index (χ2v) is 3.95. The van der Waals surface area contributed by atoms with Gasteiger partial charge < -0.3 is 10.3 Å². The molecule has 1 atom stereocenters. The number of fused-ring (bicyclic) bond motifs is 1. The molecule has 0 saturated heterocycles. The van der Waals surface area contributed by atoms with Gasteiger partial charge in [-0.25, -0.2) is 0 Å². The Morgan fingerprint density at radius 1 is 1.36 bits per heavy atom. The highest BCUT2D eigenvalue weighted by atomic mass is 14.9. The van der Waals surface area contributed by atoms with Gasteiger partial charge in [-0.05, 0) is 31.0 Å². The van der Waals surface area contributed by atoms with E-state index in [4.69, 9.17) is 5.73 Å². The predicted molar refractivity (Wildman–Crippen MR) is 60.3 cm³/mol. The van der Waals surface area contributed by atoms with Crippen LogP contribution in [0.15, 0.2) is 24.4 Å². The molecule has 14 heavy (non-hydrogen) atoms. The average Bonchev–Trinajstić information content (AvgIpc) is 2.43. The molecule has 0 aliphatic carbocycles. The van der Waals surface area contributed by atoms with Crippen LogP contribution in [-0.4, -0.2) is 4.57 Å². The van der Waals surface area contributed by atoms with Crippen molar-refractivity contribution >= 4 is 10.9 Å². The zero-order valence-corrected chi connectivity index (χ0v) is 8.91. The molecule has 0 radical (unpaired) electrons. The first-order chi connectivity index (χ1) is 6.61. The number of rotatable bonds is 1. The van der Waals surface area contributed by atoms with Gasteiger partial charge in [0, 0.05) is 30.2 Å². The van der Waals surface area contributed by atoms with Crippen LogP contribution in [0.1, 0.15) is 24.1 Å². The van der Waals surface area contributed by atoms with Gasteiger partial charge in [-0.3, -0.25) is 0 Å². The molecule has 0 aliphatic heterocycles. The molecule has 2 nitrogen and oxygen atoms in total. The maximum absolute atomic E-state index is 5.95. The van der Waals surface area contributed by atoms with Crippen molar-refractivity contribution in [3.8, 4) is 0 Å². The van der Waals surface area contributed by atoms with Gasteiger partial charge in [0.1, 0.15) is 0 Å². The van der Waals surface area contributed by atoms with Crippen LogP contribution in [0, 0.1) is 6.92 Å². The molecule has 1 heterocycles. The number of nitrogens with zero attached hydrogens (tertiary/aromatic N) is 1. The average molecular weight is 188 g/mol. The smallest absolute Gasteiger partial charge is 0.0483 e. The highest BCUT2D eigenvalue weighted by Crippen LogP contribution is 2.26. The van der Waals surface area contributed by atoms with Crippen LogP contribution in [0.25, 0.3) is 10.9 Å². The molecule has 2 heteroatoms. The second kappa shape index (κ2) is 3.14. The number of aryl methyl sites for hydroxylation is 2. The van der Waals surface area contributed by atoms with E-state index in [1.807, 2.05) is 6.92 Å². The number of hydrogen-bond acceptors (Lipinski definition) is 1. The fraction of sp³-hybridized carbons (Fsp3) is 0.333. The Morgan fingerprint density at radius 2 is 2.07 bits per heavy atom. The Labute approximate surface area is 84.3 Å². The zero-order chi connectivity index (χ0) is 10.3. The van der Waals surface area contributed by atoms with Gasteiger partial charge in [-0.1, -0.05) is 12.1 Å². The van der Waals surface area contributed by atoms with E-state index in [1.165, 1.54) is 22.0 Å². The van der Waals surface area contributed by atoms with E-state index in [9.17, 15) is 0 Å². The molecule has 1 aromatic carbocycles. The summed E-state index contributed by atoms with van der Waals surface area (Å²) >= 11 is 0. The van der Waals surface area contributed by atoms with Crippen LogP contribution in [0.2, 0.25) is 0 Å². The standard InChI is InChI=1S/C12H16N2/c1-8-7-14(3)11-6-4-5-10(9(2)13)12(8)11/h4-7,9H,13H2,1-3H3. The van der Waals surface area contributed by atoms with Crippen LogP contribution in [0.4, 0.5) is 0 Å². The molecular formula is C12H16N2. The first kappa shape index (κ1) is 9.28. The van der Waals surface area contributed by atoms with E-state index in [0.29, 0.717) is 0 Å². The Bertz CT molecular complexity index is 466. The van der Waals surface area contributed by atoms with E-state index in [-0.39, 0.29) is 6.04 Å². The molecule has 0 fully saturated rings. The first-order valence-electron chi connectivity index (χ1n) is 4.91. The molecule has 2 rings (SSSR count). The first-order valence-corrected chi connectivity index (χ1v) is 4.91. The summed E-state index contributed by atoms with van der Waals surface area (Å²) < 4.78 is 2.15. The Hall–Kier alpha value is -1.28. The van der Waals surface area contributed by atoms with Gasteiger partial charge in [-0.15, -0.1) is 0 Å². The summed E-state index contributed by atoms with van der Waals surface area (Å²) in [4.78, 5) is 0. The summed E-state index contributed by atoms with van der Waals surface area (Å²) in [5.41, 5.74) is 9.75. The predicted octanol–water partition coefficient (Wildman–Crippen LogP) is 2.51. The van der Waals surface area contributed by atoms with Gasteiger partial charge in [-0.2, -0.15) is 0 Å². The van der Waals surface area contributed by atoms with Gasteiger partial charge in [0.2, 0.25) is 0 Å². The lowest BCUT2D eigenvalue weighted by Gasteiger charge is -2.08. The molecule has 74 valence electrons. The van der Waals surface area contributed by atoms with Gasteiger partial charge >= 0.3 is 0 Å². The zero-order valence-electron chi connectivity index (χ0n) is 8.91. The van der Waals surface area contributed by atoms with Crippen LogP contribution >= 0.6 is 0 Å². The van der Waals surface area contributed by atoms with Crippen molar-refractivity contribution in [1.82, 2.24) is 4.57 Å². The Balaban J connectivity index is 2.85. The summed E-state index contributed by atoms with van der Waals surface area (Å²) in [6.07, 6.45) is 2.15. The summed E-state index contributed by atoms with van der Waals surface area (Å²) in [6.45, 7) is 4.16. The quantitative estimate of drug-likeness (QED) is 0.732. The third-order valence-corrected chi connectivity index (χ3v) is 2.73. The van der Waals surface area contributed by atoms with Crippen molar-refractivity contribution < 1.29 is 0 Å². The molecule has 1 unspecified atom stereocenters. The van der Waals surface area contributed by atoms with Crippen molar-refractivity contribution in [2.75, 3.05) is 0 Å². The third-order valence-electron chi connectivity index (χ3n) is 2.73. The highest BCUT2D eigenvalue weighted by Gasteiger charge is 2.09. The largest absolute Gasteiger partial charge is 0.350 e. The molecular weight excluding hydrogens is 172 g/mol. The fourth-order valence-corrected chi connectivity index (χ4v) is 2.09. The second-order valence-electron chi connectivity index (χ2n) is 3.95. The van der Waals surface area contributed by atoms with Gasteiger partial charge in [0.05, 0.1) is 0 Å². The van der Waals surface area contributed by atoms with Crippen LogP contribution < -0.4 is 5.73 Å². The molecule has 0 saturated carbocycles. The molecule has 0 bridgehead atoms. The van der Waals surface area contributed by atoms with Crippen LogP contribution in [-0.2, 0) is 7.05 Å². The minimum atomic E-state index is 0.0970. The Morgan fingerprint density at radius 3 is 2.71 bits per heavy atom. The lowest BCUT2D eigenvalue weighted by atomic mass is 10.0. The summed E-state index contributed by atoms with van der Waals surface area (Å²) in [5.74, 6) is 0. The monoisotopic (exact) mass is 188 g/mol. The van der Waals surface area contributed by atoms with Crippen molar-refractivity contribution in [2.45, 2.75) is 19.9 Å². The van der Waals surface area contributed by atoms with E-state index in [1.54, 1.807) is 0 Å². The SMILES string of the molecule is Cc1cn(C)c2cccc(C(C)N)c12. The normalized spacial score (nSPS) is 13.4. The van der Waals surface area contributed by atoms with E-state index < -0.39 is 0 Å². The lowest BCUT2D eigenvalue weighted by molar-refractivity contribution is 0.826. The van der Waals surface area contributed by atoms with Gasteiger partial charge in [0.25, 0.3) is 0 Å². The fourth-order valence-electron chi connectivity index (χ4n) is 2.09. The highest BCUT2D eigenvalue weighted by molar-refractivity contribution is 5.87. The Kier molecular flexibility index (Phi) is 2.08. The van der Waals surface area contributed by atoms with Gasteiger partial charge in [0.15, 0.2) is 0 Å². The van der Waals surface area contributed by atoms with E-state index >= 15 is 0 Å². The number of benzene rings is 1. The van der Waals surface area contributed by atoms with Crippen molar-refractivity contribution in [3.05, 3.63) is 35.5 Å². The molecule has 2 aromatic rings. The number of nitrogens with two attached hydrogens (primary N) is 1. The lowest BCUT2D eigenvalue weighted by Crippen LogP contribution is -2.05. The molecule has 0 amide bonds. The number of aromatic nitrogens is 1. The number of hydrogen-bond donors (Lipinski definition) is 1. The summed E-state index contributed by atoms with van der Waals surface area (Å²) in [6, 6.07) is 6.41. The van der Waals surface area contributed by atoms with E-state index in [2.05, 4.69) is 42.9 Å². The molecule has 0 aliphatic rings. The summed E-state index contributed by atoms with van der Waals surface area (Å²) in [7, 11) is 2.07. The summed E-state index contributed by atoms with van der Waals surface area (Å²) in [5, 5.41) is 1.31. The maximum Gasteiger partial charge on any atom is 0.0483 e. The minimum absolute atomic E-state index is 0.0970. The maximum atomic E-state index is 5.95. The van der Waals surface area contributed by atoms with Crippen LogP contribution in [0.3, 0.4) is 0 Å². The minimum Gasteiger partial charge on any atom is -0.350 e. The van der Waals surface area contributed by atoms with Crippen molar-refractivity contribution in [3.63, 3.8) is 0 Å². The topological polar surface area (TPSA) is 30.9 Å². The van der Waals surface area contributed by atoms with Crippen molar-refractivity contribution in [1.29, 1.82) is 0 Å². The van der Waals surface area contributed by atoms with E-state index in [0.717, 1.165) is 0 Å². The molecule has 2 N–H and O–H groups in total. The van der Waals surface area contributed by atoms with Crippen LogP contribution in [0.5, 0.6) is 0 Å². The molecule has 0 spiro atoms. The third kappa shape index (κ3) is 1.23.